The van der Waals surface area contributed by atoms with Gasteiger partial charge in [0.2, 0.25) is 0 Å². The van der Waals surface area contributed by atoms with Crippen LogP contribution < -0.4 is 5.73 Å². The Morgan fingerprint density at radius 3 is 2.32 bits per heavy atom. The second-order valence-corrected chi connectivity index (χ2v) is 6.44. The summed E-state index contributed by atoms with van der Waals surface area (Å²) in [7, 11) is 0. The van der Waals surface area contributed by atoms with Crippen LogP contribution in [-0.2, 0) is 11.0 Å². The fourth-order valence-corrected chi connectivity index (χ4v) is 3.44. The van der Waals surface area contributed by atoms with Gasteiger partial charge in [-0.1, -0.05) is 36.4 Å². The quantitative estimate of drug-likeness (QED) is 0.749. The number of carboxylic acid groups (broad SMARTS) is 1. The lowest BCUT2D eigenvalue weighted by Crippen LogP contribution is -2.32. The van der Waals surface area contributed by atoms with E-state index >= 15 is 0 Å². The molecule has 0 saturated heterocycles. The largest absolute Gasteiger partial charge is 0.480 e. The second-order valence-electron chi connectivity index (χ2n) is 5.31. The SMILES string of the molecule is NC(CSC(c1ccccc1)c1ccc(F)c(C(F)(F)F)c1)C(=O)O. The first-order valence-corrected chi connectivity index (χ1v) is 8.26. The summed E-state index contributed by atoms with van der Waals surface area (Å²) >= 11 is 1.09. The minimum absolute atomic E-state index is 0.00633. The van der Waals surface area contributed by atoms with Crippen LogP contribution in [0.3, 0.4) is 0 Å². The van der Waals surface area contributed by atoms with E-state index in [1.165, 1.54) is 6.07 Å². The van der Waals surface area contributed by atoms with Crippen molar-refractivity contribution >= 4 is 17.7 Å². The molecule has 0 spiro atoms. The zero-order valence-electron chi connectivity index (χ0n) is 12.8. The van der Waals surface area contributed by atoms with Crippen molar-refractivity contribution in [2.24, 2.45) is 5.73 Å². The number of aliphatic carboxylic acids is 1. The van der Waals surface area contributed by atoms with Crippen molar-refractivity contribution in [1.82, 2.24) is 0 Å². The molecule has 0 saturated carbocycles. The highest BCUT2D eigenvalue weighted by Crippen LogP contribution is 2.39. The molecular formula is C17H15F4NO2S. The van der Waals surface area contributed by atoms with Gasteiger partial charge in [0.1, 0.15) is 11.9 Å². The van der Waals surface area contributed by atoms with Gasteiger partial charge in [0.15, 0.2) is 0 Å². The third-order valence-corrected chi connectivity index (χ3v) is 4.89. The van der Waals surface area contributed by atoms with Crippen LogP contribution in [0.15, 0.2) is 48.5 Å². The van der Waals surface area contributed by atoms with Gasteiger partial charge in [-0.3, -0.25) is 4.79 Å². The monoisotopic (exact) mass is 373 g/mol. The summed E-state index contributed by atoms with van der Waals surface area (Å²) in [6, 6.07) is 10.2. The number of thioether (sulfide) groups is 1. The average molecular weight is 373 g/mol. The van der Waals surface area contributed by atoms with Gasteiger partial charge in [0, 0.05) is 5.75 Å². The lowest BCUT2D eigenvalue weighted by molar-refractivity contribution is -0.140. The van der Waals surface area contributed by atoms with E-state index in [0.717, 1.165) is 23.9 Å². The zero-order chi connectivity index (χ0) is 18.6. The topological polar surface area (TPSA) is 63.3 Å². The van der Waals surface area contributed by atoms with Crippen LogP contribution in [0.1, 0.15) is 21.9 Å². The van der Waals surface area contributed by atoms with Gasteiger partial charge in [0.25, 0.3) is 0 Å². The predicted octanol–water partition coefficient (Wildman–Crippen LogP) is 4.08. The first-order valence-electron chi connectivity index (χ1n) is 7.21. The number of carboxylic acids is 1. The van der Waals surface area contributed by atoms with Gasteiger partial charge in [-0.2, -0.15) is 13.2 Å². The summed E-state index contributed by atoms with van der Waals surface area (Å²) in [5.41, 5.74) is 5.03. The molecule has 0 fully saturated rings. The molecule has 134 valence electrons. The summed E-state index contributed by atoms with van der Waals surface area (Å²) in [5, 5.41) is 8.28. The molecule has 2 rings (SSSR count). The molecule has 8 heteroatoms. The number of halogens is 4. The van der Waals surface area contributed by atoms with E-state index in [1.54, 1.807) is 30.3 Å². The van der Waals surface area contributed by atoms with E-state index in [9.17, 15) is 22.4 Å². The van der Waals surface area contributed by atoms with Crippen LogP contribution in [0.25, 0.3) is 0 Å². The van der Waals surface area contributed by atoms with Gasteiger partial charge in [-0.05, 0) is 23.3 Å². The van der Waals surface area contributed by atoms with Crippen molar-refractivity contribution in [1.29, 1.82) is 0 Å². The maximum atomic E-state index is 13.5. The van der Waals surface area contributed by atoms with Crippen LogP contribution >= 0.6 is 11.8 Å². The Labute approximate surface area is 145 Å². The molecule has 25 heavy (non-hydrogen) atoms. The first-order chi connectivity index (χ1) is 11.7. The fourth-order valence-electron chi connectivity index (χ4n) is 2.21. The van der Waals surface area contributed by atoms with Gasteiger partial charge < -0.3 is 10.8 Å². The molecule has 2 aromatic carbocycles. The highest BCUT2D eigenvalue weighted by atomic mass is 32.2. The molecule has 3 N–H and O–H groups in total. The molecule has 0 bridgehead atoms. The number of nitrogens with two attached hydrogens (primary N) is 1. The summed E-state index contributed by atoms with van der Waals surface area (Å²) in [4.78, 5) is 10.9. The van der Waals surface area contributed by atoms with E-state index in [2.05, 4.69) is 0 Å². The van der Waals surface area contributed by atoms with Gasteiger partial charge in [-0.15, -0.1) is 11.8 Å². The summed E-state index contributed by atoms with van der Waals surface area (Å²) in [5.74, 6) is -2.56. The van der Waals surface area contributed by atoms with Crippen LogP contribution in [-0.4, -0.2) is 22.9 Å². The average Bonchev–Trinajstić information content (AvgIpc) is 2.56. The van der Waals surface area contributed by atoms with Crippen LogP contribution in [0.4, 0.5) is 17.6 Å². The Morgan fingerprint density at radius 2 is 1.76 bits per heavy atom. The first kappa shape index (κ1) is 19.3. The smallest absolute Gasteiger partial charge is 0.419 e. The maximum Gasteiger partial charge on any atom is 0.419 e. The van der Waals surface area contributed by atoms with Crippen LogP contribution in [0.2, 0.25) is 0 Å². The predicted molar refractivity (Wildman–Crippen MR) is 87.8 cm³/mol. The lowest BCUT2D eigenvalue weighted by atomic mass is 10.0. The van der Waals surface area contributed by atoms with Gasteiger partial charge >= 0.3 is 12.1 Å². The highest BCUT2D eigenvalue weighted by Gasteiger charge is 2.35. The minimum Gasteiger partial charge on any atom is -0.480 e. The number of hydrogen-bond donors (Lipinski definition) is 2. The minimum atomic E-state index is -4.82. The van der Waals surface area contributed by atoms with E-state index in [0.29, 0.717) is 5.56 Å². The Hall–Kier alpha value is -2.06. The van der Waals surface area contributed by atoms with Crippen molar-refractivity contribution in [2.75, 3.05) is 5.75 Å². The third-order valence-electron chi connectivity index (χ3n) is 3.46. The van der Waals surface area contributed by atoms with Crippen molar-refractivity contribution in [2.45, 2.75) is 17.5 Å². The molecule has 2 aromatic rings. The Morgan fingerprint density at radius 1 is 1.12 bits per heavy atom. The fraction of sp³-hybridized carbons (Fsp3) is 0.235. The standard InChI is InChI=1S/C17H15F4NO2S/c18-13-7-6-11(8-12(13)17(19,20)21)15(10-4-2-1-3-5-10)25-9-14(22)16(23)24/h1-8,14-15H,9,22H2,(H,23,24). The molecule has 0 aliphatic heterocycles. The van der Waals surface area contributed by atoms with Crippen molar-refractivity contribution < 1.29 is 27.5 Å². The molecule has 3 nitrogen and oxygen atoms in total. The molecule has 0 heterocycles. The summed E-state index contributed by atoms with van der Waals surface area (Å²) in [6.07, 6.45) is -4.82. The second kappa shape index (κ2) is 7.88. The van der Waals surface area contributed by atoms with Crippen LogP contribution in [0.5, 0.6) is 0 Å². The Bertz CT molecular complexity index is 737. The molecule has 0 aliphatic carbocycles. The van der Waals surface area contributed by atoms with E-state index in [1.807, 2.05) is 0 Å². The molecular weight excluding hydrogens is 358 g/mol. The number of alkyl halides is 3. The highest BCUT2D eigenvalue weighted by molar-refractivity contribution is 7.99. The Balaban J connectivity index is 2.40. The van der Waals surface area contributed by atoms with Crippen molar-refractivity contribution in [3.63, 3.8) is 0 Å². The van der Waals surface area contributed by atoms with Gasteiger partial charge in [0.05, 0.1) is 10.8 Å². The number of hydrogen-bond acceptors (Lipinski definition) is 3. The van der Waals surface area contributed by atoms with E-state index in [4.69, 9.17) is 10.8 Å². The van der Waals surface area contributed by atoms with E-state index < -0.39 is 34.8 Å². The summed E-state index contributed by atoms with van der Waals surface area (Å²) < 4.78 is 52.4. The number of benzene rings is 2. The molecule has 2 atom stereocenters. The molecule has 0 aliphatic rings. The number of rotatable bonds is 6. The van der Waals surface area contributed by atoms with Crippen molar-refractivity contribution in [3.05, 3.63) is 71.0 Å². The zero-order valence-corrected chi connectivity index (χ0v) is 13.7. The van der Waals surface area contributed by atoms with Crippen LogP contribution in [0, 0.1) is 5.82 Å². The molecule has 2 unspecified atom stereocenters. The molecule has 0 amide bonds. The maximum absolute atomic E-state index is 13.5. The summed E-state index contributed by atoms with van der Waals surface area (Å²) in [6.45, 7) is 0. The molecule has 0 aromatic heterocycles. The third kappa shape index (κ3) is 4.96. The number of carbonyl (C=O) groups is 1. The van der Waals surface area contributed by atoms with Gasteiger partial charge in [-0.25, -0.2) is 4.39 Å². The Kier molecular flexibility index (Phi) is 6.07. The molecule has 0 radical (unpaired) electrons. The van der Waals surface area contributed by atoms with Crippen molar-refractivity contribution in [3.8, 4) is 0 Å². The lowest BCUT2D eigenvalue weighted by Gasteiger charge is -2.20. The van der Waals surface area contributed by atoms with E-state index in [-0.39, 0.29) is 11.3 Å². The normalized spacial score (nSPS) is 14.1.